The minimum atomic E-state index is -3.96. The molecule has 0 spiro atoms. The van der Waals surface area contributed by atoms with Crippen LogP contribution in [0.4, 0.5) is 0 Å². The van der Waals surface area contributed by atoms with E-state index in [1.807, 2.05) is 31.2 Å². The molecule has 0 aliphatic heterocycles. The fourth-order valence-electron chi connectivity index (χ4n) is 1.78. The van der Waals surface area contributed by atoms with Gasteiger partial charge < -0.3 is 4.74 Å². The first-order valence-corrected chi connectivity index (χ1v) is 9.38. The molecule has 0 N–H and O–H groups in total. The number of rotatable bonds is 4. The summed E-state index contributed by atoms with van der Waals surface area (Å²) < 4.78 is 29.4. The van der Waals surface area contributed by atoms with Crippen molar-refractivity contribution in [2.24, 2.45) is 0 Å². The van der Waals surface area contributed by atoms with Crippen LogP contribution in [-0.2, 0) is 15.7 Å². The zero-order valence-electron chi connectivity index (χ0n) is 10.9. The molecule has 0 aliphatic rings. The van der Waals surface area contributed by atoms with E-state index in [1.165, 1.54) is 6.07 Å². The Morgan fingerprint density at radius 2 is 1.90 bits per heavy atom. The average molecular weight is 410 g/mol. The predicted octanol–water partition coefficient (Wildman–Crippen LogP) is 4.92. The van der Waals surface area contributed by atoms with E-state index in [0.717, 1.165) is 11.1 Å². The topological polar surface area (TPSA) is 43.4 Å². The monoisotopic (exact) mass is 408 g/mol. The molecule has 0 aromatic heterocycles. The molecule has 2 rings (SSSR count). The number of benzene rings is 2. The van der Waals surface area contributed by atoms with Crippen LogP contribution in [-0.4, -0.2) is 8.42 Å². The van der Waals surface area contributed by atoms with Gasteiger partial charge >= 0.3 is 0 Å². The molecule has 0 saturated carbocycles. The van der Waals surface area contributed by atoms with Crippen LogP contribution in [0.5, 0.6) is 5.75 Å². The van der Waals surface area contributed by atoms with Crippen LogP contribution in [0.25, 0.3) is 0 Å². The third kappa shape index (κ3) is 4.13. The van der Waals surface area contributed by atoms with E-state index >= 15 is 0 Å². The molecule has 0 atom stereocenters. The molecule has 0 amide bonds. The second kappa shape index (κ2) is 6.57. The van der Waals surface area contributed by atoms with Gasteiger partial charge in [0.05, 0.1) is 5.02 Å². The molecule has 21 heavy (non-hydrogen) atoms. The van der Waals surface area contributed by atoms with Crippen LogP contribution in [0.2, 0.25) is 5.02 Å². The van der Waals surface area contributed by atoms with E-state index in [4.69, 9.17) is 27.0 Å². The van der Waals surface area contributed by atoms with Crippen molar-refractivity contribution in [2.75, 3.05) is 0 Å². The molecule has 0 heterocycles. The summed E-state index contributed by atoms with van der Waals surface area (Å²) in [6.07, 6.45) is 0. The fraction of sp³-hybridized carbons (Fsp3) is 0.143. The summed E-state index contributed by atoms with van der Waals surface area (Å²) in [4.78, 5) is -0.155. The molecular weight excluding hydrogens is 399 g/mol. The number of ether oxygens (including phenoxy) is 1. The Balaban J connectivity index is 2.39. The third-order valence-electron chi connectivity index (χ3n) is 2.87. The second-order valence-corrected chi connectivity index (χ2v) is 8.23. The lowest BCUT2D eigenvalue weighted by molar-refractivity contribution is 0.297. The Morgan fingerprint density at radius 1 is 1.24 bits per heavy atom. The minimum absolute atomic E-state index is 0.0538. The van der Waals surface area contributed by atoms with Gasteiger partial charge in [0.25, 0.3) is 9.05 Å². The van der Waals surface area contributed by atoms with Gasteiger partial charge in [-0.15, -0.1) is 0 Å². The highest BCUT2D eigenvalue weighted by molar-refractivity contribution is 9.10. The lowest BCUT2D eigenvalue weighted by atomic mass is 10.1. The highest BCUT2D eigenvalue weighted by atomic mass is 79.9. The van der Waals surface area contributed by atoms with Crippen molar-refractivity contribution in [1.82, 2.24) is 0 Å². The van der Waals surface area contributed by atoms with Gasteiger partial charge in [-0.2, -0.15) is 0 Å². The Kier molecular flexibility index (Phi) is 5.20. The van der Waals surface area contributed by atoms with Crippen LogP contribution >= 0.6 is 38.2 Å². The summed E-state index contributed by atoms with van der Waals surface area (Å²) in [5.41, 5.74) is 1.98. The van der Waals surface area contributed by atoms with Crippen LogP contribution in [0, 0.1) is 6.92 Å². The molecule has 0 radical (unpaired) electrons. The Labute approximate surface area is 141 Å². The summed E-state index contributed by atoms with van der Waals surface area (Å²) in [6.45, 7) is 2.15. The molecular formula is C14H11BrCl2O3S. The molecule has 0 unspecified atom stereocenters. The molecule has 2 aromatic rings. The summed E-state index contributed by atoms with van der Waals surface area (Å²) in [5, 5.41) is 0.178. The van der Waals surface area contributed by atoms with Gasteiger partial charge in [-0.3, -0.25) is 0 Å². The van der Waals surface area contributed by atoms with Crippen molar-refractivity contribution in [1.29, 1.82) is 0 Å². The molecule has 0 aliphatic carbocycles. The summed E-state index contributed by atoms with van der Waals surface area (Å²) in [5.74, 6) is 0.0538. The van der Waals surface area contributed by atoms with Crippen LogP contribution < -0.4 is 4.74 Å². The number of hydrogen-bond acceptors (Lipinski definition) is 3. The summed E-state index contributed by atoms with van der Waals surface area (Å²) >= 11 is 9.25. The third-order valence-corrected chi connectivity index (χ3v) is 4.94. The highest BCUT2D eigenvalue weighted by Crippen LogP contribution is 2.37. The maximum atomic E-state index is 11.6. The average Bonchev–Trinajstić information content (AvgIpc) is 2.37. The van der Waals surface area contributed by atoms with Crippen LogP contribution in [0.1, 0.15) is 11.1 Å². The molecule has 3 nitrogen and oxygen atoms in total. The van der Waals surface area contributed by atoms with Gasteiger partial charge in [0.2, 0.25) is 0 Å². The van der Waals surface area contributed by atoms with E-state index < -0.39 is 9.05 Å². The molecule has 112 valence electrons. The van der Waals surface area contributed by atoms with E-state index in [9.17, 15) is 8.42 Å². The number of halogens is 3. The van der Waals surface area contributed by atoms with E-state index in [2.05, 4.69) is 15.9 Å². The van der Waals surface area contributed by atoms with Gasteiger partial charge in [0, 0.05) is 15.2 Å². The van der Waals surface area contributed by atoms with Gasteiger partial charge in [-0.25, -0.2) is 8.42 Å². The first-order valence-electron chi connectivity index (χ1n) is 5.90. The predicted molar refractivity (Wildman–Crippen MR) is 87.7 cm³/mol. The summed E-state index contributed by atoms with van der Waals surface area (Å²) in [7, 11) is 1.47. The van der Waals surface area contributed by atoms with Gasteiger partial charge in [0.15, 0.2) is 5.75 Å². The molecule has 0 fully saturated rings. The standard InChI is InChI=1S/C14H11BrCl2O3S/c1-9-4-2-3-5-10(9)8-20-14-12(16)6-11(15)7-13(14)21(17,18)19/h2-7H,8H2,1H3. The molecule has 0 bridgehead atoms. The molecule has 7 heteroatoms. The number of hydrogen-bond donors (Lipinski definition) is 0. The summed E-state index contributed by atoms with van der Waals surface area (Å²) in [6, 6.07) is 10.6. The van der Waals surface area contributed by atoms with Gasteiger partial charge in [-0.05, 0) is 30.2 Å². The van der Waals surface area contributed by atoms with Crippen molar-refractivity contribution in [3.05, 3.63) is 57.0 Å². The normalized spacial score (nSPS) is 11.4. The number of aryl methyl sites for hydroxylation is 1. The molecule has 2 aromatic carbocycles. The largest absolute Gasteiger partial charge is 0.486 e. The van der Waals surface area contributed by atoms with Crippen LogP contribution in [0.3, 0.4) is 0 Å². The quantitative estimate of drug-likeness (QED) is 0.673. The first kappa shape index (κ1) is 16.6. The lowest BCUT2D eigenvalue weighted by Crippen LogP contribution is -2.03. The van der Waals surface area contributed by atoms with Crippen molar-refractivity contribution in [3.63, 3.8) is 0 Å². The van der Waals surface area contributed by atoms with E-state index in [1.54, 1.807) is 6.07 Å². The first-order chi connectivity index (χ1) is 9.79. The van der Waals surface area contributed by atoms with Crippen molar-refractivity contribution in [3.8, 4) is 5.75 Å². The smallest absolute Gasteiger partial charge is 0.265 e. The van der Waals surface area contributed by atoms with Crippen LogP contribution in [0.15, 0.2) is 45.8 Å². The van der Waals surface area contributed by atoms with Gasteiger partial charge in [-0.1, -0.05) is 51.8 Å². The fourth-order valence-corrected chi connectivity index (χ4v) is 3.85. The minimum Gasteiger partial charge on any atom is -0.486 e. The Hall–Kier alpha value is -0.750. The molecule has 0 saturated heterocycles. The Bertz CT molecular complexity index is 776. The van der Waals surface area contributed by atoms with Crippen molar-refractivity contribution in [2.45, 2.75) is 18.4 Å². The highest BCUT2D eigenvalue weighted by Gasteiger charge is 2.21. The maximum absolute atomic E-state index is 11.6. The van der Waals surface area contributed by atoms with Gasteiger partial charge in [0.1, 0.15) is 11.5 Å². The zero-order chi connectivity index (χ0) is 15.6. The SMILES string of the molecule is Cc1ccccc1COc1c(Cl)cc(Br)cc1S(=O)(=O)Cl. The maximum Gasteiger partial charge on any atom is 0.265 e. The van der Waals surface area contributed by atoms with E-state index in [0.29, 0.717) is 4.47 Å². The van der Waals surface area contributed by atoms with Crippen molar-refractivity contribution >= 4 is 47.3 Å². The zero-order valence-corrected chi connectivity index (χ0v) is 14.9. The lowest BCUT2D eigenvalue weighted by Gasteiger charge is -2.13. The van der Waals surface area contributed by atoms with Crippen molar-refractivity contribution < 1.29 is 13.2 Å². The van der Waals surface area contributed by atoms with E-state index in [-0.39, 0.29) is 22.3 Å². The Morgan fingerprint density at radius 3 is 2.52 bits per heavy atom. The second-order valence-electron chi connectivity index (χ2n) is 4.37.